The van der Waals surface area contributed by atoms with E-state index in [9.17, 15) is 0 Å². The molecule has 0 aromatic heterocycles. The second kappa shape index (κ2) is 7.77. The van der Waals surface area contributed by atoms with Gasteiger partial charge in [-0.15, -0.1) is 11.8 Å². The minimum Gasteiger partial charge on any atom is -0.107 e. The molecule has 0 spiro atoms. The minimum absolute atomic E-state index is 0.520. The average Bonchev–Trinajstić information content (AvgIpc) is 2.37. The predicted molar refractivity (Wildman–Crippen MR) is 81.3 cm³/mol. The monoisotopic (exact) mass is 240 g/mol. The lowest BCUT2D eigenvalue weighted by Crippen LogP contribution is -1.94. The van der Waals surface area contributed by atoms with Gasteiger partial charge in [0.05, 0.1) is 0 Å². The Morgan fingerprint density at radius 3 is 2.72 bits per heavy atom. The van der Waals surface area contributed by atoms with Gasteiger partial charge in [0.2, 0.25) is 0 Å². The lowest BCUT2D eigenvalue weighted by Gasteiger charge is -2.11. The zero-order valence-corrected chi connectivity index (χ0v) is 12.1. The van der Waals surface area contributed by atoms with Gasteiger partial charge < -0.3 is 0 Å². The molecule has 0 aliphatic heterocycles. The van der Waals surface area contributed by atoms with E-state index in [2.05, 4.69) is 63.0 Å². The van der Waals surface area contributed by atoms with Crippen LogP contribution in [0.2, 0.25) is 0 Å². The number of benzene rings is 1. The highest BCUT2D eigenvalue weighted by Gasteiger charge is 2.04. The molecule has 0 nitrogen and oxygen atoms in total. The second-order valence-electron chi connectivity index (χ2n) is 4.87. The van der Waals surface area contributed by atoms with E-state index in [4.69, 9.17) is 0 Å². The molecule has 18 heavy (non-hydrogen) atoms. The van der Waals surface area contributed by atoms with E-state index in [1.54, 1.807) is 0 Å². The number of allylic oxidation sites excluding steroid dienone is 2. The van der Waals surface area contributed by atoms with Gasteiger partial charge in [0.15, 0.2) is 0 Å². The SMILES string of the molecule is CC#CCC(C)/C=C(/C)c1ccccc1CCC. The topological polar surface area (TPSA) is 0 Å². The highest BCUT2D eigenvalue weighted by atomic mass is 14.1. The summed E-state index contributed by atoms with van der Waals surface area (Å²) in [5, 5.41) is 0. The van der Waals surface area contributed by atoms with Gasteiger partial charge >= 0.3 is 0 Å². The average molecular weight is 240 g/mol. The predicted octanol–water partition coefficient (Wildman–Crippen LogP) is 5.09. The van der Waals surface area contributed by atoms with Crippen LogP contribution in [0.3, 0.4) is 0 Å². The van der Waals surface area contributed by atoms with Crippen LogP contribution in [-0.4, -0.2) is 0 Å². The first-order valence-corrected chi connectivity index (χ1v) is 6.85. The highest BCUT2D eigenvalue weighted by Crippen LogP contribution is 2.22. The van der Waals surface area contributed by atoms with Crippen molar-refractivity contribution in [3.8, 4) is 11.8 Å². The summed E-state index contributed by atoms with van der Waals surface area (Å²) in [6.07, 6.45) is 5.65. The fraction of sp³-hybridized carbons (Fsp3) is 0.444. The summed E-state index contributed by atoms with van der Waals surface area (Å²) in [5.74, 6) is 6.63. The molecular weight excluding hydrogens is 216 g/mol. The molecular formula is C18H24. The van der Waals surface area contributed by atoms with E-state index < -0.39 is 0 Å². The van der Waals surface area contributed by atoms with E-state index in [1.165, 1.54) is 23.1 Å². The third kappa shape index (κ3) is 4.41. The molecule has 0 heterocycles. The Morgan fingerprint density at radius 1 is 1.33 bits per heavy atom. The van der Waals surface area contributed by atoms with Crippen LogP contribution in [0.15, 0.2) is 30.3 Å². The van der Waals surface area contributed by atoms with E-state index >= 15 is 0 Å². The van der Waals surface area contributed by atoms with Crippen LogP contribution < -0.4 is 0 Å². The van der Waals surface area contributed by atoms with Crippen LogP contribution in [0, 0.1) is 17.8 Å². The van der Waals surface area contributed by atoms with Gasteiger partial charge in [0.1, 0.15) is 0 Å². The number of hydrogen-bond acceptors (Lipinski definition) is 0. The molecule has 1 unspecified atom stereocenters. The Kier molecular flexibility index (Phi) is 6.29. The van der Waals surface area contributed by atoms with E-state index in [0.29, 0.717) is 5.92 Å². The normalized spacial score (nSPS) is 12.8. The third-order valence-electron chi connectivity index (χ3n) is 3.10. The van der Waals surface area contributed by atoms with Gasteiger partial charge in [0.25, 0.3) is 0 Å². The van der Waals surface area contributed by atoms with Crippen LogP contribution in [0.25, 0.3) is 5.57 Å². The first kappa shape index (κ1) is 14.6. The first-order chi connectivity index (χ1) is 8.69. The van der Waals surface area contributed by atoms with Crippen molar-refractivity contribution in [2.45, 2.75) is 47.0 Å². The van der Waals surface area contributed by atoms with Gasteiger partial charge in [-0.1, -0.05) is 50.6 Å². The third-order valence-corrected chi connectivity index (χ3v) is 3.10. The van der Waals surface area contributed by atoms with Gasteiger partial charge in [-0.25, -0.2) is 0 Å². The molecule has 1 rings (SSSR count). The summed E-state index contributed by atoms with van der Waals surface area (Å²) in [7, 11) is 0. The zero-order chi connectivity index (χ0) is 13.4. The molecule has 0 saturated carbocycles. The standard InChI is InChI=1S/C18H24/c1-5-7-11-15(3)14-16(4)18-13-9-8-12-17(18)10-6-2/h8-9,12-15H,6,10-11H2,1-4H3/b16-14-. The summed E-state index contributed by atoms with van der Waals surface area (Å²) in [5.41, 5.74) is 4.24. The van der Waals surface area contributed by atoms with Crippen LogP contribution in [0.1, 0.15) is 51.7 Å². The van der Waals surface area contributed by atoms with E-state index in [-0.39, 0.29) is 0 Å². The number of rotatable bonds is 5. The quantitative estimate of drug-likeness (QED) is 0.629. The van der Waals surface area contributed by atoms with Crippen LogP contribution in [0.5, 0.6) is 0 Å². The molecule has 1 atom stereocenters. The van der Waals surface area contributed by atoms with Crippen molar-refractivity contribution < 1.29 is 0 Å². The maximum atomic E-state index is 3.15. The van der Waals surface area contributed by atoms with E-state index in [0.717, 1.165) is 12.8 Å². The van der Waals surface area contributed by atoms with Crippen molar-refractivity contribution >= 4 is 5.57 Å². The Bertz CT molecular complexity index is 454. The molecule has 1 aromatic rings. The fourth-order valence-corrected chi connectivity index (χ4v) is 2.23. The number of hydrogen-bond donors (Lipinski definition) is 0. The van der Waals surface area contributed by atoms with E-state index in [1.807, 2.05) is 6.92 Å². The maximum absolute atomic E-state index is 3.15. The fourth-order valence-electron chi connectivity index (χ4n) is 2.23. The van der Waals surface area contributed by atoms with Crippen LogP contribution in [-0.2, 0) is 6.42 Å². The smallest absolute Gasteiger partial charge is 0.0149 e. The lowest BCUT2D eigenvalue weighted by atomic mass is 9.94. The molecule has 0 radical (unpaired) electrons. The van der Waals surface area contributed by atoms with Gasteiger partial charge in [-0.2, -0.15) is 0 Å². The van der Waals surface area contributed by atoms with Crippen LogP contribution >= 0.6 is 0 Å². The van der Waals surface area contributed by atoms with Gasteiger partial charge in [0, 0.05) is 6.42 Å². The Balaban J connectivity index is 2.90. The summed E-state index contributed by atoms with van der Waals surface area (Å²) >= 11 is 0. The first-order valence-electron chi connectivity index (χ1n) is 6.85. The van der Waals surface area contributed by atoms with Crippen molar-refractivity contribution in [3.05, 3.63) is 41.5 Å². The van der Waals surface area contributed by atoms with Gasteiger partial charge in [-0.05, 0) is 42.9 Å². The lowest BCUT2D eigenvalue weighted by molar-refractivity contribution is 0.760. The molecule has 1 aromatic carbocycles. The van der Waals surface area contributed by atoms with Crippen molar-refractivity contribution in [3.63, 3.8) is 0 Å². The summed E-state index contributed by atoms with van der Waals surface area (Å²) in [6, 6.07) is 8.73. The molecule has 0 heteroatoms. The molecule has 0 aliphatic carbocycles. The van der Waals surface area contributed by atoms with Crippen molar-refractivity contribution in [1.82, 2.24) is 0 Å². The Hall–Kier alpha value is -1.48. The molecule has 0 saturated heterocycles. The summed E-state index contributed by atoms with van der Waals surface area (Å²) < 4.78 is 0. The van der Waals surface area contributed by atoms with Crippen molar-refractivity contribution in [2.24, 2.45) is 5.92 Å². The molecule has 0 aliphatic rings. The van der Waals surface area contributed by atoms with Crippen molar-refractivity contribution in [1.29, 1.82) is 0 Å². The van der Waals surface area contributed by atoms with Gasteiger partial charge in [-0.3, -0.25) is 0 Å². The molecule has 0 amide bonds. The summed E-state index contributed by atoms with van der Waals surface area (Å²) in [4.78, 5) is 0. The van der Waals surface area contributed by atoms with Crippen molar-refractivity contribution in [2.75, 3.05) is 0 Å². The summed E-state index contributed by atoms with van der Waals surface area (Å²) in [6.45, 7) is 8.58. The highest BCUT2D eigenvalue weighted by molar-refractivity contribution is 5.66. The molecule has 96 valence electrons. The molecule has 0 bridgehead atoms. The Labute approximate surface area is 112 Å². The zero-order valence-electron chi connectivity index (χ0n) is 12.1. The molecule has 0 N–H and O–H groups in total. The maximum Gasteiger partial charge on any atom is 0.0149 e. The second-order valence-corrected chi connectivity index (χ2v) is 4.87. The van der Waals surface area contributed by atoms with Crippen LogP contribution in [0.4, 0.5) is 0 Å². The minimum atomic E-state index is 0.520. The Morgan fingerprint density at radius 2 is 2.06 bits per heavy atom. The molecule has 0 fully saturated rings. The number of aryl methyl sites for hydroxylation is 1. The largest absolute Gasteiger partial charge is 0.107 e.